The third-order valence-corrected chi connectivity index (χ3v) is 3.55. The Morgan fingerprint density at radius 2 is 1.87 bits per heavy atom. The third kappa shape index (κ3) is 3.31. The molecule has 1 aromatic heterocycles. The van der Waals surface area contributed by atoms with Crippen LogP contribution >= 0.6 is 0 Å². The molecule has 3 aromatic rings. The minimum atomic E-state index is -0.152. The van der Waals surface area contributed by atoms with Crippen molar-refractivity contribution in [3.05, 3.63) is 65.9 Å². The number of aromatic nitrogens is 1. The van der Waals surface area contributed by atoms with Crippen LogP contribution in [0, 0.1) is 6.92 Å². The summed E-state index contributed by atoms with van der Waals surface area (Å²) in [4.78, 5) is 16.9. The van der Waals surface area contributed by atoms with Gasteiger partial charge in [-0.05, 0) is 62.4 Å². The van der Waals surface area contributed by atoms with Gasteiger partial charge in [0.1, 0.15) is 5.75 Å². The zero-order valence-electron chi connectivity index (χ0n) is 13.2. The highest BCUT2D eigenvalue weighted by Crippen LogP contribution is 2.23. The van der Waals surface area contributed by atoms with Gasteiger partial charge in [0.15, 0.2) is 0 Å². The second kappa shape index (κ2) is 6.48. The van der Waals surface area contributed by atoms with Crippen LogP contribution in [0.3, 0.4) is 0 Å². The molecule has 2 aromatic carbocycles. The Morgan fingerprint density at radius 3 is 2.61 bits per heavy atom. The number of hydrogen-bond donors (Lipinski definition) is 1. The predicted molar refractivity (Wildman–Crippen MR) is 92.0 cm³/mol. The first-order valence-corrected chi connectivity index (χ1v) is 7.58. The van der Waals surface area contributed by atoms with E-state index in [0.29, 0.717) is 12.2 Å². The summed E-state index contributed by atoms with van der Waals surface area (Å²) in [5, 5.41) is 3.88. The molecule has 0 saturated heterocycles. The molecule has 0 spiro atoms. The number of pyridine rings is 1. The van der Waals surface area contributed by atoms with Crippen LogP contribution < -0.4 is 10.1 Å². The Kier molecular flexibility index (Phi) is 4.24. The quantitative estimate of drug-likeness (QED) is 0.786. The fourth-order valence-electron chi connectivity index (χ4n) is 2.43. The second-order valence-electron chi connectivity index (χ2n) is 5.24. The lowest BCUT2D eigenvalue weighted by Gasteiger charge is -2.09. The summed E-state index contributed by atoms with van der Waals surface area (Å²) in [6.07, 6.45) is 0. The number of carbonyl (C=O) groups is 1. The van der Waals surface area contributed by atoms with Gasteiger partial charge < -0.3 is 10.1 Å². The number of aryl methyl sites for hydroxylation is 1. The number of ether oxygens (including phenoxy) is 1. The van der Waals surface area contributed by atoms with Gasteiger partial charge in [0, 0.05) is 16.6 Å². The Labute approximate surface area is 135 Å². The summed E-state index contributed by atoms with van der Waals surface area (Å²) in [5.74, 6) is 0.606. The normalized spacial score (nSPS) is 10.5. The summed E-state index contributed by atoms with van der Waals surface area (Å²) in [5.41, 5.74) is 3.17. The molecule has 0 saturated carbocycles. The predicted octanol–water partition coefficient (Wildman–Crippen LogP) is 4.19. The van der Waals surface area contributed by atoms with E-state index in [0.717, 1.165) is 28.0 Å². The molecule has 0 bridgehead atoms. The van der Waals surface area contributed by atoms with Crippen molar-refractivity contribution < 1.29 is 9.53 Å². The van der Waals surface area contributed by atoms with Crippen LogP contribution in [-0.4, -0.2) is 17.5 Å². The van der Waals surface area contributed by atoms with Crippen molar-refractivity contribution in [3.8, 4) is 5.75 Å². The Bertz CT molecular complexity index is 842. The van der Waals surface area contributed by atoms with E-state index in [-0.39, 0.29) is 5.91 Å². The molecule has 0 fully saturated rings. The molecule has 116 valence electrons. The van der Waals surface area contributed by atoms with Crippen LogP contribution in [-0.2, 0) is 0 Å². The van der Waals surface area contributed by atoms with Crippen LogP contribution in [0.1, 0.15) is 23.0 Å². The summed E-state index contributed by atoms with van der Waals surface area (Å²) < 4.78 is 5.39. The number of hydrogen-bond acceptors (Lipinski definition) is 3. The van der Waals surface area contributed by atoms with Crippen LogP contribution in [0.15, 0.2) is 54.6 Å². The maximum absolute atomic E-state index is 12.4. The van der Waals surface area contributed by atoms with Crippen molar-refractivity contribution in [1.82, 2.24) is 4.98 Å². The largest absolute Gasteiger partial charge is 0.494 e. The van der Waals surface area contributed by atoms with E-state index < -0.39 is 0 Å². The summed E-state index contributed by atoms with van der Waals surface area (Å²) in [6.45, 7) is 4.48. The highest BCUT2D eigenvalue weighted by molar-refractivity contribution is 6.08. The van der Waals surface area contributed by atoms with Crippen molar-refractivity contribution in [1.29, 1.82) is 0 Å². The fourth-order valence-corrected chi connectivity index (χ4v) is 2.43. The SMILES string of the molecule is CCOc1ccc(C(=O)Nc2cccc3nc(C)ccc23)cc1. The molecule has 0 aliphatic heterocycles. The first kappa shape index (κ1) is 15.0. The average molecular weight is 306 g/mol. The van der Waals surface area contributed by atoms with Gasteiger partial charge in [-0.15, -0.1) is 0 Å². The average Bonchev–Trinajstić information content (AvgIpc) is 2.55. The standard InChI is InChI=1S/C19H18N2O2/c1-3-23-15-10-8-14(9-11-15)19(22)21-18-6-4-5-17-16(18)12-7-13(2)20-17/h4-12H,3H2,1-2H3,(H,21,22). The van der Waals surface area contributed by atoms with Crippen LogP contribution in [0.25, 0.3) is 10.9 Å². The van der Waals surface area contributed by atoms with Gasteiger partial charge in [-0.3, -0.25) is 9.78 Å². The highest BCUT2D eigenvalue weighted by Gasteiger charge is 2.09. The number of nitrogens with zero attached hydrogens (tertiary/aromatic N) is 1. The summed E-state index contributed by atoms with van der Waals surface area (Å²) in [7, 11) is 0. The maximum atomic E-state index is 12.4. The van der Waals surface area contributed by atoms with Crippen LogP contribution in [0.2, 0.25) is 0 Å². The van der Waals surface area contributed by atoms with E-state index in [4.69, 9.17) is 4.74 Å². The first-order valence-electron chi connectivity index (χ1n) is 7.58. The molecule has 1 amide bonds. The number of fused-ring (bicyclic) bond motifs is 1. The van der Waals surface area contributed by atoms with Gasteiger partial charge in [0.2, 0.25) is 0 Å². The van der Waals surface area contributed by atoms with Crippen LogP contribution in [0.5, 0.6) is 5.75 Å². The molecule has 1 N–H and O–H groups in total. The molecule has 0 radical (unpaired) electrons. The number of carbonyl (C=O) groups excluding carboxylic acids is 1. The van der Waals surface area contributed by atoms with Crippen molar-refractivity contribution in [2.45, 2.75) is 13.8 Å². The van der Waals surface area contributed by atoms with Gasteiger partial charge >= 0.3 is 0 Å². The summed E-state index contributed by atoms with van der Waals surface area (Å²) >= 11 is 0. The number of benzene rings is 2. The van der Waals surface area contributed by atoms with Crippen molar-refractivity contribution in [2.75, 3.05) is 11.9 Å². The Morgan fingerprint density at radius 1 is 1.09 bits per heavy atom. The zero-order valence-corrected chi connectivity index (χ0v) is 13.2. The molecule has 0 aliphatic rings. The summed E-state index contributed by atoms with van der Waals surface area (Å²) in [6, 6.07) is 16.7. The van der Waals surface area contributed by atoms with Gasteiger partial charge in [0.05, 0.1) is 17.8 Å². The molecular formula is C19H18N2O2. The lowest BCUT2D eigenvalue weighted by atomic mass is 10.1. The maximum Gasteiger partial charge on any atom is 0.255 e. The Hall–Kier alpha value is -2.88. The van der Waals surface area contributed by atoms with Crippen molar-refractivity contribution in [3.63, 3.8) is 0 Å². The molecule has 23 heavy (non-hydrogen) atoms. The fraction of sp³-hybridized carbons (Fsp3) is 0.158. The minimum Gasteiger partial charge on any atom is -0.494 e. The van der Waals surface area contributed by atoms with Crippen LogP contribution in [0.4, 0.5) is 5.69 Å². The second-order valence-corrected chi connectivity index (χ2v) is 5.24. The molecule has 3 rings (SSSR count). The number of rotatable bonds is 4. The molecule has 0 unspecified atom stereocenters. The number of nitrogens with one attached hydrogen (secondary N) is 1. The van der Waals surface area contributed by atoms with Gasteiger partial charge in [-0.2, -0.15) is 0 Å². The topological polar surface area (TPSA) is 51.2 Å². The van der Waals surface area contributed by atoms with E-state index in [9.17, 15) is 4.79 Å². The van der Waals surface area contributed by atoms with E-state index in [1.807, 2.05) is 44.2 Å². The lowest BCUT2D eigenvalue weighted by Crippen LogP contribution is -2.12. The van der Waals surface area contributed by atoms with E-state index in [2.05, 4.69) is 10.3 Å². The smallest absolute Gasteiger partial charge is 0.255 e. The highest BCUT2D eigenvalue weighted by atomic mass is 16.5. The molecule has 1 heterocycles. The first-order chi connectivity index (χ1) is 11.2. The molecular weight excluding hydrogens is 288 g/mol. The molecule has 4 heteroatoms. The van der Waals surface area contributed by atoms with Gasteiger partial charge in [-0.1, -0.05) is 6.07 Å². The van der Waals surface area contributed by atoms with E-state index in [1.54, 1.807) is 24.3 Å². The zero-order chi connectivity index (χ0) is 16.2. The number of anilines is 1. The molecule has 0 atom stereocenters. The van der Waals surface area contributed by atoms with E-state index >= 15 is 0 Å². The third-order valence-electron chi connectivity index (χ3n) is 3.55. The van der Waals surface area contributed by atoms with E-state index in [1.165, 1.54) is 0 Å². The monoisotopic (exact) mass is 306 g/mol. The molecule has 0 aliphatic carbocycles. The Balaban J connectivity index is 1.85. The van der Waals surface area contributed by atoms with Gasteiger partial charge in [0.25, 0.3) is 5.91 Å². The minimum absolute atomic E-state index is 0.152. The van der Waals surface area contributed by atoms with Crippen molar-refractivity contribution in [2.24, 2.45) is 0 Å². The van der Waals surface area contributed by atoms with Gasteiger partial charge in [-0.25, -0.2) is 0 Å². The lowest BCUT2D eigenvalue weighted by molar-refractivity contribution is 0.102. The number of amides is 1. The molecule has 4 nitrogen and oxygen atoms in total. The van der Waals surface area contributed by atoms with Crippen molar-refractivity contribution >= 4 is 22.5 Å².